The number of halogens is 1. The largest absolute Gasteiger partial charge is 0.465 e. The molecular formula is C13H17BrN2O4. The molecule has 1 amide bonds. The molecule has 1 aromatic carbocycles. The molecule has 0 saturated heterocycles. The maximum Gasteiger partial charge on any atom is 0.337 e. The van der Waals surface area contributed by atoms with Crippen LogP contribution in [0, 0.1) is 0 Å². The van der Waals surface area contributed by atoms with Gasteiger partial charge < -0.3 is 9.47 Å². The van der Waals surface area contributed by atoms with Crippen molar-refractivity contribution in [3.05, 3.63) is 28.2 Å². The summed E-state index contributed by atoms with van der Waals surface area (Å²) in [6.45, 7) is 3.92. The zero-order chi connectivity index (χ0) is 15.1. The Balaban J connectivity index is 2.72. The lowest BCUT2D eigenvalue weighted by Crippen LogP contribution is -2.38. The summed E-state index contributed by atoms with van der Waals surface area (Å²) in [5, 5.41) is 0. The highest BCUT2D eigenvalue weighted by Gasteiger charge is 2.13. The van der Waals surface area contributed by atoms with Crippen molar-refractivity contribution in [1.29, 1.82) is 0 Å². The van der Waals surface area contributed by atoms with Crippen LogP contribution in [0.15, 0.2) is 22.7 Å². The average Bonchev–Trinajstić information content (AvgIpc) is 2.45. The quantitative estimate of drug-likeness (QED) is 0.610. The summed E-state index contributed by atoms with van der Waals surface area (Å²) in [6.07, 6.45) is -0.560. The number of hydrogen-bond acceptors (Lipinski definition) is 5. The number of carbonyl (C=O) groups excluding carboxylic acids is 2. The van der Waals surface area contributed by atoms with Gasteiger partial charge in [-0.15, -0.1) is 0 Å². The van der Waals surface area contributed by atoms with E-state index < -0.39 is 12.1 Å². The molecule has 1 aromatic rings. The van der Waals surface area contributed by atoms with Crippen LogP contribution in [0.3, 0.4) is 0 Å². The highest BCUT2D eigenvalue weighted by atomic mass is 79.9. The van der Waals surface area contributed by atoms with Gasteiger partial charge in [-0.2, -0.15) is 0 Å². The van der Waals surface area contributed by atoms with E-state index in [1.807, 2.05) is 6.92 Å². The molecule has 0 spiro atoms. The van der Waals surface area contributed by atoms with Crippen LogP contribution in [0.25, 0.3) is 0 Å². The summed E-state index contributed by atoms with van der Waals surface area (Å²) >= 11 is 3.32. The van der Waals surface area contributed by atoms with E-state index in [2.05, 4.69) is 31.5 Å². The molecule has 0 bridgehead atoms. The molecule has 0 aliphatic rings. The molecule has 110 valence electrons. The van der Waals surface area contributed by atoms with E-state index in [0.717, 1.165) is 0 Å². The number of benzene rings is 1. The highest BCUT2D eigenvalue weighted by molar-refractivity contribution is 9.10. The Morgan fingerprint density at radius 1 is 1.40 bits per heavy atom. The van der Waals surface area contributed by atoms with Gasteiger partial charge in [0.05, 0.1) is 18.4 Å². The van der Waals surface area contributed by atoms with Gasteiger partial charge in [0.15, 0.2) is 0 Å². The van der Waals surface area contributed by atoms with E-state index in [1.165, 1.54) is 7.11 Å². The molecule has 7 heteroatoms. The number of hydrogen-bond donors (Lipinski definition) is 2. The first kappa shape index (κ1) is 16.5. The van der Waals surface area contributed by atoms with E-state index in [0.29, 0.717) is 22.3 Å². The van der Waals surface area contributed by atoms with Crippen molar-refractivity contribution in [2.75, 3.05) is 19.1 Å². The van der Waals surface area contributed by atoms with Crippen LogP contribution in [0.1, 0.15) is 24.2 Å². The Labute approximate surface area is 125 Å². The number of rotatable bonds is 6. The Morgan fingerprint density at radius 2 is 2.10 bits per heavy atom. The molecule has 20 heavy (non-hydrogen) atoms. The Morgan fingerprint density at radius 3 is 2.70 bits per heavy atom. The fourth-order valence-corrected chi connectivity index (χ4v) is 1.77. The number of amides is 1. The van der Waals surface area contributed by atoms with Crippen LogP contribution in [-0.2, 0) is 14.3 Å². The molecule has 2 N–H and O–H groups in total. The van der Waals surface area contributed by atoms with Crippen molar-refractivity contribution in [1.82, 2.24) is 5.43 Å². The number of carbonyl (C=O) groups is 2. The van der Waals surface area contributed by atoms with Crippen molar-refractivity contribution in [2.24, 2.45) is 0 Å². The molecule has 0 fully saturated rings. The van der Waals surface area contributed by atoms with E-state index in [-0.39, 0.29) is 5.91 Å². The molecule has 6 nitrogen and oxygen atoms in total. The second kappa shape index (κ2) is 7.86. The predicted molar refractivity (Wildman–Crippen MR) is 78.3 cm³/mol. The molecule has 0 radical (unpaired) electrons. The minimum Gasteiger partial charge on any atom is -0.465 e. The number of ether oxygens (including phenoxy) is 2. The summed E-state index contributed by atoms with van der Waals surface area (Å²) in [5.41, 5.74) is 6.18. The molecule has 1 atom stereocenters. The normalized spacial score (nSPS) is 11.6. The van der Waals surface area contributed by atoms with Crippen LogP contribution in [0.5, 0.6) is 0 Å². The predicted octanol–water partition coefficient (Wildman–Crippen LogP) is 2.10. The topological polar surface area (TPSA) is 76.7 Å². The maximum absolute atomic E-state index is 11.7. The number of hydrazine groups is 1. The monoisotopic (exact) mass is 344 g/mol. The summed E-state index contributed by atoms with van der Waals surface area (Å²) in [5.74, 6) is -0.753. The maximum atomic E-state index is 11.7. The molecule has 1 unspecified atom stereocenters. The van der Waals surface area contributed by atoms with Crippen LogP contribution in [0.2, 0.25) is 0 Å². The summed E-state index contributed by atoms with van der Waals surface area (Å²) in [4.78, 5) is 23.1. The fraction of sp³-hybridized carbons (Fsp3) is 0.385. The standard InChI is InChI=1S/C13H17BrN2O4/c1-4-20-8(2)12(17)16-15-11-7-9(13(18)19-3)5-6-10(11)14/h5-8,15H,4H2,1-3H3,(H,16,17). The second-order valence-corrected chi connectivity index (χ2v) is 4.75. The van der Waals surface area contributed by atoms with Crippen LogP contribution in [-0.4, -0.2) is 31.7 Å². The van der Waals surface area contributed by atoms with Crippen molar-refractivity contribution in [3.8, 4) is 0 Å². The lowest BCUT2D eigenvalue weighted by atomic mass is 10.2. The van der Waals surface area contributed by atoms with Gasteiger partial charge in [-0.25, -0.2) is 4.79 Å². The molecule has 0 heterocycles. The first-order chi connectivity index (χ1) is 9.49. The lowest BCUT2D eigenvalue weighted by Gasteiger charge is -2.15. The molecular weight excluding hydrogens is 328 g/mol. The van der Waals surface area contributed by atoms with Crippen molar-refractivity contribution in [2.45, 2.75) is 20.0 Å². The van der Waals surface area contributed by atoms with Gasteiger partial charge in [0.1, 0.15) is 6.10 Å². The van der Waals surface area contributed by atoms with E-state index in [9.17, 15) is 9.59 Å². The second-order valence-electron chi connectivity index (χ2n) is 3.90. The highest BCUT2D eigenvalue weighted by Crippen LogP contribution is 2.23. The van der Waals surface area contributed by atoms with Crippen molar-refractivity contribution < 1.29 is 19.1 Å². The molecule has 0 aliphatic heterocycles. The minimum absolute atomic E-state index is 0.303. The molecule has 1 rings (SSSR count). The van der Waals surface area contributed by atoms with Gasteiger partial charge in [-0.3, -0.25) is 15.6 Å². The zero-order valence-corrected chi connectivity index (χ0v) is 13.1. The lowest BCUT2D eigenvalue weighted by molar-refractivity contribution is -0.130. The summed E-state index contributed by atoms with van der Waals surface area (Å²) in [7, 11) is 1.31. The number of methoxy groups -OCH3 is 1. The average molecular weight is 345 g/mol. The Kier molecular flexibility index (Phi) is 6.47. The molecule has 0 aliphatic carbocycles. The zero-order valence-electron chi connectivity index (χ0n) is 11.5. The third-order valence-electron chi connectivity index (χ3n) is 2.49. The summed E-state index contributed by atoms with van der Waals surface area (Å²) < 4.78 is 10.5. The van der Waals surface area contributed by atoms with Crippen molar-refractivity contribution >= 4 is 33.5 Å². The van der Waals surface area contributed by atoms with Gasteiger partial charge >= 0.3 is 5.97 Å². The van der Waals surface area contributed by atoms with Gasteiger partial charge in [-0.1, -0.05) is 0 Å². The van der Waals surface area contributed by atoms with Crippen LogP contribution >= 0.6 is 15.9 Å². The number of nitrogens with one attached hydrogen (secondary N) is 2. The number of esters is 1. The molecule has 0 saturated carbocycles. The van der Waals surface area contributed by atoms with Crippen LogP contribution < -0.4 is 10.9 Å². The third kappa shape index (κ3) is 4.50. The van der Waals surface area contributed by atoms with Gasteiger partial charge in [0, 0.05) is 11.1 Å². The Hall–Kier alpha value is -1.60. The van der Waals surface area contributed by atoms with Gasteiger partial charge in [-0.05, 0) is 48.0 Å². The van der Waals surface area contributed by atoms with E-state index in [1.54, 1.807) is 25.1 Å². The van der Waals surface area contributed by atoms with Gasteiger partial charge in [0.25, 0.3) is 5.91 Å². The third-order valence-corrected chi connectivity index (χ3v) is 3.19. The smallest absolute Gasteiger partial charge is 0.337 e. The van der Waals surface area contributed by atoms with Gasteiger partial charge in [0.2, 0.25) is 0 Å². The van der Waals surface area contributed by atoms with Crippen molar-refractivity contribution in [3.63, 3.8) is 0 Å². The van der Waals surface area contributed by atoms with E-state index >= 15 is 0 Å². The van der Waals surface area contributed by atoms with Crippen LogP contribution in [0.4, 0.5) is 5.69 Å². The first-order valence-electron chi connectivity index (χ1n) is 6.05. The fourth-order valence-electron chi connectivity index (χ4n) is 1.42. The van der Waals surface area contributed by atoms with E-state index in [4.69, 9.17) is 4.74 Å². The SMILES string of the molecule is CCOC(C)C(=O)NNc1cc(C(=O)OC)ccc1Br. The molecule has 0 aromatic heterocycles. The first-order valence-corrected chi connectivity index (χ1v) is 6.84. The Bertz CT molecular complexity index is 493. The minimum atomic E-state index is -0.560. The summed E-state index contributed by atoms with van der Waals surface area (Å²) in [6, 6.07) is 4.87. The number of anilines is 1.